The Kier molecular flexibility index (Phi) is 10.8. The van der Waals surface area contributed by atoms with E-state index in [1.165, 1.54) is 19.1 Å². The topological polar surface area (TPSA) is 64.6 Å². The minimum atomic E-state index is -0.479. The normalized spacial score (nSPS) is 14.6. The molecule has 1 fully saturated rings. The first kappa shape index (κ1) is 23.7. The van der Waals surface area contributed by atoms with E-state index in [0.29, 0.717) is 6.47 Å². The molecule has 0 amide bonds. The van der Waals surface area contributed by atoms with Crippen molar-refractivity contribution in [2.75, 3.05) is 7.11 Å². The van der Waals surface area contributed by atoms with Gasteiger partial charge in [0.2, 0.25) is 0 Å². The van der Waals surface area contributed by atoms with Crippen molar-refractivity contribution in [3.63, 3.8) is 0 Å². The first-order chi connectivity index (χ1) is 14.7. The van der Waals surface area contributed by atoms with Crippen LogP contribution in [0.3, 0.4) is 0 Å². The number of methoxy groups -OCH3 is 1. The van der Waals surface area contributed by atoms with Gasteiger partial charge >= 0.3 is 5.97 Å². The minimum Gasteiger partial charge on any atom is -0.471 e. The van der Waals surface area contributed by atoms with Gasteiger partial charge in [0.1, 0.15) is 12.1 Å². The molecule has 1 aliphatic rings. The Morgan fingerprint density at radius 2 is 1.83 bits per heavy atom. The summed E-state index contributed by atoms with van der Waals surface area (Å²) in [6.45, 7) is 2.38. The smallest absolute Gasteiger partial charge is 0.328 e. The average Bonchev–Trinajstić information content (AvgIpc) is 3.28. The Labute approximate surface area is 183 Å². The van der Waals surface area contributed by atoms with Crippen LogP contribution < -0.4 is 4.72 Å². The van der Waals surface area contributed by atoms with E-state index in [1.807, 2.05) is 55.5 Å². The number of hydrogen-bond donors (Lipinski definition) is 1. The van der Waals surface area contributed by atoms with Gasteiger partial charge in [0.15, 0.2) is 0 Å². The van der Waals surface area contributed by atoms with Gasteiger partial charge in [-0.15, -0.1) is 0 Å². The van der Waals surface area contributed by atoms with Crippen LogP contribution in [0.5, 0.6) is 0 Å². The highest BCUT2D eigenvalue weighted by atomic mass is 32.2. The monoisotopic (exact) mass is 427 g/mol. The first-order valence-corrected chi connectivity index (χ1v) is 10.9. The molecule has 1 unspecified atom stereocenters. The summed E-state index contributed by atoms with van der Waals surface area (Å²) in [5.41, 5.74) is 2.07. The molecule has 1 saturated carbocycles. The Morgan fingerprint density at radius 3 is 2.47 bits per heavy atom. The van der Waals surface area contributed by atoms with E-state index in [1.54, 1.807) is 0 Å². The van der Waals surface area contributed by atoms with Crippen molar-refractivity contribution in [3.8, 4) is 0 Å². The molecule has 2 aromatic carbocycles. The summed E-state index contributed by atoms with van der Waals surface area (Å²) in [5.74, 6) is -0.194. The van der Waals surface area contributed by atoms with Gasteiger partial charge in [-0.05, 0) is 67.8 Å². The fraction of sp³-hybridized carbons (Fsp3) is 0.333. The van der Waals surface area contributed by atoms with Gasteiger partial charge in [0.05, 0.1) is 7.11 Å². The molecule has 0 heterocycles. The van der Waals surface area contributed by atoms with Gasteiger partial charge in [0, 0.05) is 4.90 Å². The van der Waals surface area contributed by atoms with Crippen LogP contribution in [0.2, 0.25) is 0 Å². The molecule has 6 heteroatoms. The van der Waals surface area contributed by atoms with Gasteiger partial charge in [-0.25, -0.2) is 9.52 Å². The van der Waals surface area contributed by atoms with Crippen molar-refractivity contribution in [1.82, 2.24) is 4.72 Å². The summed E-state index contributed by atoms with van der Waals surface area (Å²) >= 11 is 1.46. The van der Waals surface area contributed by atoms with Crippen molar-refractivity contribution in [2.24, 2.45) is 0 Å². The fourth-order valence-corrected chi connectivity index (χ4v) is 3.97. The van der Waals surface area contributed by atoms with E-state index in [2.05, 4.69) is 27.7 Å². The van der Waals surface area contributed by atoms with Crippen molar-refractivity contribution in [2.45, 2.75) is 49.6 Å². The van der Waals surface area contributed by atoms with Gasteiger partial charge in [0.25, 0.3) is 6.47 Å². The fourth-order valence-electron chi connectivity index (χ4n) is 3.14. The van der Waals surface area contributed by atoms with Crippen molar-refractivity contribution >= 4 is 30.5 Å². The molecular weight excluding hydrogens is 398 g/mol. The number of benzene rings is 2. The molecule has 0 saturated heterocycles. The Morgan fingerprint density at radius 1 is 1.13 bits per heavy atom. The highest BCUT2D eigenvalue weighted by Gasteiger charge is 2.26. The number of rotatable bonds is 8. The molecular formula is C24H29NO4S. The SMILES string of the molecule is C/C=C/c1cccc(SNC(C(=O)OC2CCCC2)c2ccccc2)c1.COC=O. The van der Waals surface area contributed by atoms with E-state index in [0.717, 1.165) is 41.7 Å². The number of nitrogens with one attached hydrogen (secondary N) is 1. The maximum atomic E-state index is 12.8. The molecule has 30 heavy (non-hydrogen) atoms. The summed E-state index contributed by atoms with van der Waals surface area (Å²) in [6.07, 6.45) is 8.40. The third kappa shape index (κ3) is 8.05. The van der Waals surface area contributed by atoms with Crippen LogP contribution in [0.25, 0.3) is 6.08 Å². The van der Waals surface area contributed by atoms with Gasteiger partial charge < -0.3 is 9.47 Å². The average molecular weight is 428 g/mol. The number of allylic oxidation sites excluding steroid dienone is 1. The van der Waals surface area contributed by atoms with Gasteiger partial charge in [-0.2, -0.15) is 0 Å². The third-order valence-corrected chi connectivity index (χ3v) is 5.40. The zero-order valence-electron chi connectivity index (χ0n) is 17.5. The van der Waals surface area contributed by atoms with Crippen LogP contribution in [0.15, 0.2) is 65.6 Å². The highest BCUT2D eigenvalue weighted by molar-refractivity contribution is 7.97. The van der Waals surface area contributed by atoms with Crippen LogP contribution in [-0.2, 0) is 19.1 Å². The summed E-state index contributed by atoms with van der Waals surface area (Å²) in [4.78, 5) is 22.8. The number of hydrogen-bond acceptors (Lipinski definition) is 6. The number of esters is 1. The predicted octanol–water partition coefficient (Wildman–Crippen LogP) is 5.33. The summed E-state index contributed by atoms with van der Waals surface area (Å²) < 4.78 is 12.9. The van der Waals surface area contributed by atoms with E-state index >= 15 is 0 Å². The number of ether oxygens (including phenoxy) is 2. The molecule has 0 aliphatic heterocycles. The predicted molar refractivity (Wildman–Crippen MR) is 121 cm³/mol. The summed E-state index contributed by atoms with van der Waals surface area (Å²) in [6, 6.07) is 17.5. The molecule has 0 bridgehead atoms. The standard InChI is InChI=1S/C22H25NO2S.C2H4O2/c1-2-9-17-10-8-15-20(16-17)26-23-21(18-11-4-3-5-12-18)22(24)25-19-13-6-7-14-19;1-4-2-3/h2-5,8-12,15-16,19,21,23H,6-7,13-14H2,1H3;2H,1H3/b9-2+;. The van der Waals surface area contributed by atoms with Crippen LogP contribution in [0.4, 0.5) is 0 Å². The van der Waals surface area contributed by atoms with E-state index in [4.69, 9.17) is 9.53 Å². The van der Waals surface area contributed by atoms with E-state index < -0.39 is 6.04 Å². The van der Waals surface area contributed by atoms with Gasteiger partial charge in [-0.3, -0.25) is 4.79 Å². The molecule has 160 valence electrons. The quantitative estimate of drug-likeness (QED) is 0.349. The summed E-state index contributed by atoms with van der Waals surface area (Å²) in [5, 5.41) is 0. The molecule has 0 aromatic heterocycles. The van der Waals surface area contributed by atoms with Crippen LogP contribution in [-0.4, -0.2) is 25.7 Å². The Balaban J connectivity index is 0.000000735. The first-order valence-electron chi connectivity index (χ1n) is 10.0. The molecule has 0 radical (unpaired) electrons. The zero-order chi connectivity index (χ0) is 21.6. The number of carbonyl (C=O) groups is 2. The molecule has 1 atom stereocenters. The molecule has 0 spiro atoms. The van der Waals surface area contributed by atoms with Crippen molar-refractivity contribution in [3.05, 3.63) is 71.8 Å². The second-order valence-electron chi connectivity index (χ2n) is 6.81. The molecule has 1 N–H and O–H groups in total. The van der Waals surface area contributed by atoms with Gasteiger partial charge in [-0.1, -0.05) is 54.6 Å². The third-order valence-electron chi connectivity index (χ3n) is 4.56. The van der Waals surface area contributed by atoms with E-state index in [9.17, 15) is 4.79 Å². The summed E-state index contributed by atoms with van der Waals surface area (Å²) in [7, 11) is 1.31. The lowest BCUT2D eigenvalue weighted by atomic mass is 10.1. The largest absolute Gasteiger partial charge is 0.471 e. The zero-order valence-corrected chi connectivity index (χ0v) is 18.3. The minimum absolute atomic E-state index is 0.0681. The van der Waals surface area contributed by atoms with E-state index in [-0.39, 0.29) is 12.1 Å². The lowest BCUT2D eigenvalue weighted by molar-refractivity contribution is -0.151. The van der Waals surface area contributed by atoms with Crippen molar-refractivity contribution in [1.29, 1.82) is 0 Å². The number of carbonyl (C=O) groups excluding carboxylic acids is 2. The molecule has 3 rings (SSSR count). The molecule has 2 aromatic rings. The van der Waals surface area contributed by atoms with Crippen LogP contribution >= 0.6 is 11.9 Å². The lowest BCUT2D eigenvalue weighted by Gasteiger charge is -2.20. The Hall–Kier alpha value is -2.57. The second-order valence-corrected chi connectivity index (χ2v) is 7.72. The van der Waals surface area contributed by atoms with Crippen LogP contribution in [0, 0.1) is 0 Å². The highest BCUT2D eigenvalue weighted by Crippen LogP contribution is 2.27. The Bertz CT molecular complexity index is 804. The second kappa shape index (κ2) is 13.6. The molecule has 1 aliphatic carbocycles. The lowest BCUT2D eigenvalue weighted by Crippen LogP contribution is -2.28. The van der Waals surface area contributed by atoms with Crippen molar-refractivity contribution < 1.29 is 19.1 Å². The van der Waals surface area contributed by atoms with Crippen LogP contribution in [0.1, 0.15) is 49.8 Å². The maximum Gasteiger partial charge on any atom is 0.328 e. The maximum absolute atomic E-state index is 12.8. The molecule has 5 nitrogen and oxygen atoms in total.